The van der Waals surface area contributed by atoms with Crippen LogP contribution in [0.5, 0.6) is 0 Å². The van der Waals surface area contributed by atoms with E-state index in [0.717, 1.165) is 75.4 Å². The van der Waals surface area contributed by atoms with Crippen molar-refractivity contribution in [2.75, 3.05) is 37.7 Å². The fourth-order valence-corrected chi connectivity index (χ4v) is 4.45. The number of benzene rings is 1. The minimum atomic E-state index is 0.0121. The summed E-state index contributed by atoms with van der Waals surface area (Å²) in [5, 5.41) is 3.09. The van der Waals surface area contributed by atoms with E-state index < -0.39 is 0 Å². The first-order valence-electron chi connectivity index (χ1n) is 11.3. The van der Waals surface area contributed by atoms with E-state index in [4.69, 9.17) is 14.7 Å². The molecule has 0 bridgehead atoms. The summed E-state index contributed by atoms with van der Waals surface area (Å²) in [6.07, 6.45) is 5.98. The summed E-state index contributed by atoms with van der Waals surface area (Å²) in [6, 6.07) is 10.2. The van der Waals surface area contributed by atoms with Gasteiger partial charge in [0.2, 0.25) is 5.91 Å². The van der Waals surface area contributed by atoms with Crippen molar-refractivity contribution >= 4 is 11.7 Å². The van der Waals surface area contributed by atoms with Crippen LogP contribution in [0.2, 0.25) is 0 Å². The Morgan fingerprint density at radius 1 is 1.20 bits per heavy atom. The van der Waals surface area contributed by atoms with Gasteiger partial charge in [0, 0.05) is 49.7 Å². The Morgan fingerprint density at radius 3 is 2.90 bits per heavy atom. The van der Waals surface area contributed by atoms with Gasteiger partial charge in [0.25, 0.3) is 0 Å². The van der Waals surface area contributed by atoms with E-state index in [9.17, 15) is 4.79 Å². The Bertz CT molecular complexity index is 856. The summed E-state index contributed by atoms with van der Waals surface area (Å²) in [7, 11) is 0. The SMILES string of the molecule is CCOCCCNC(=O)[C@H]1CCCN(c2nc(-c3ccccc3)nc3c2CCC3)C1. The standard InChI is InChI=1S/C24H32N4O2/c1-2-30-16-8-14-25-24(29)19-11-7-15-28(17-19)23-20-12-6-13-21(20)26-22(27-23)18-9-4-3-5-10-18/h3-5,9-10,19H,2,6-8,11-17H2,1H3,(H,25,29)/t19-/m0/s1. The average Bonchev–Trinajstić information content (AvgIpc) is 3.27. The molecule has 6 nitrogen and oxygen atoms in total. The molecule has 0 saturated carbocycles. The van der Waals surface area contributed by atoms with E-state index in [2.05, 4.69) is 22.3 Å². The number of carbonyl (C=O) groups is 1. The van der Waals surface area contributed by atoms with Crippen LogP contribution < -0.4 is 10.2 Å². The summed E-state index contributed by atoms with van der Waals surface area (Å²) in [5.41, 5.74) is 3.52. The summed E-state index contributed by atoms with van der Waals surface area (Å²) < 4.78 is 5.35. The molecule has 1 amide bonds. The van der Waals surface area contributed by atoms with Crippen molar-refractivity contribution in [2.45, 2.75) is 45.4 Å². The van der Waals surface area contributed by atoms with Crippen LogP contribution in [-0.4, -0.2) is 48.7 Å². The number of aryl methyl sites for hydroxylation is 1. The maximum atomic E-state index is 12.7. The number of piperidine rings is 1. The molecule has 4 rings (SSSR count). The van der Waals surface area contributed by atoms with Crippen molar-refractivity contribution in [1.82, 2.24) is 15.3 Å². The predicted molar refractivity (Wildman–Crippen MR) is 119 cm³/mol. The molecule has 0 radical (unpaired) electrons. The van der Waals surface area contributed by atoms with E-state index in [1.54, 1.807) is 0 Å². The second kappa shape index (κ2) is 10.0. The number of carbonyl (C=O) groups excluding carboxylic acids is 1. The first-order valence-corrected chi connectivity index (χ1v) is 11.3. The molecule has 1 aliphatic heterocycles. The van der Waals surface area contributed by atoms with Gasteiger partial charge in [-0.2, -0.15) is 0 Å². The number of hydrogen-bond donors (Lipinski definition) is 1. The van der Waals surface area contributed by atoms with Gasteiger partial charge in [-0.1, -0.05) is 30.3 Å². The van der Waals surface area contributed by atoms with Gasteiger partial charge in [-0.3, -0.25) is 4.79 Å². The smallest absolute Gasteiger partial charge is 0.224 e. The van der Waals surface area contributed by atoms with Crippen LogP contribution in [-0.2, 0) is 22.4 Å². The summed E-state index contributed by atoms with van der Waals surface area (Å²) >= 11 is 0. The lowest BCUT2D eigenvalue weighted by Crippen LogP contribution is -2.44. The lowest BCUT2D eigenvalue weighted by Gasteiger charge is -2.34. The summed E-state index contributed by atoms with van der Waals surface area (Å²) in [4.78, 5) is 24.9. The van der Waals surface area contributed by atoms with Gasteiger partial charge >= 0.3 is 0 Å². The van der Waals surface area contributed by atoms with Gasteiger partial charge in [-0.15, -0.1) is 0 Å². The summed E-state index contributed by atoms with van der Waals surface area (Å²) in [6.45, 7) is 5.77. The number of ether oxygens (including phenoxy) is 1. The molecule has 1 N–H and O–H groups in total. The fraction of sp³-hybridized carbons (Fsp3) is 0.542. The second-order valence-corrected chi connectivity index (χ2v) is 8.14. The summed E-state index contributed by atoms with van der Waals surface area (Å²) in [5.74, 6) is 2.02. The minimum Gasteiger partial charge on any atom is -0.382 e. The molecule has 2 heterocycles. The van der Waals surface area contributed by atoms with Gasteiger partial charge in [-0.05, 0) is 45.4 Å². The number of hydrogen-bond acceptors (Lipinski definition) is 5. The van der Waals surface area contributed by atoms with Gasteiger partial charge in [0.15, 0.2) is 5.82 Å². The molecule has 160 valence electrons. The maximum absolute atomic E-state index is 12.7. The maximum Gasteiger partial charge on any atom is 0.224 e. The fourth-order valence-electron chi connectivity index (χ4n) is 4.45. The van der Waals surface area contributed by atoms with Crippen molar-refractivity contribution in [2.24, 2.45) is 5.92 Å². The molecule has 30 heavy (non-hydrogen) atoms. The highest BCUT2D eigenvalue weighted by atomic mass is 16.5. The molecule has 1 saturated heterocycles. The van der Waals surface area contributed by atoms with Crippen LogP contribution in [0.25, 0.3) is 11.4 Å². The normalized spacial score (nSPS) is 18.3. The first-order chi connectivity index (χ1) is 14.8. The van der Waals surface area contributed by atoms with Crippen LogP contribution in [0.3, 0.4) is 0 Å². The Hall–Kier alpha value is -2.47. The topological polar surface area (TPSA) is 67.3 Å². The molecule has 1 atom stereocenters. The Balaban J connectivity index is 1.48. The number of anilines is 1. The minimum absolute atomic E-state index is 0.0121. The number of nitrogens with zero attached hydrogens (tertiary/aromatic N) is 3. The highest BCUT2D eigenvalue weighted by molar-refractivity contribution is 5.79. The number of aromatic nitrogens is 2. The number of fused-ring (bicyclic) bond motifs is 1. The largest absolute Gasteiger partial charge is 0.382 e. The zero-order valence-electron chi connectivity index (χ0n) is 17.9. The van der Waals surface area contributed by atoms with E-state index in [1.807, 2.05) is 25.1 Å². The number of amides is 1. The van der Waals surface area contributed by atoms with Crippen LogP contribution in [0, 0.1) is 5.92 Å². The van der Waals surface area contributed by atoms with E-state index in [1.165, 1.54) is 11.3 Å². The average molecular weight is 409 g/mol. The monoisotopic (exact) mass is 408 g/mol. The highest BCUT2D eigenvalue weighted by Gasteiger charge is 2.30. The Morgan fingerprint density at radius 2 is 2.07 bits per heavy atom. The van der Waals surface area contributed by atoms with E-state index in [-0.39, 0.29) is 11.8 Å². The molecule has 1 fully saturated rings. The van der Waals surface area contributed by atoms with Gasteiger partial charge in [0.1, 0.15) is 5.82 Å². The molecule has 2 aromatic rings. The molecular weight excluding hydrogens is 376 g/mol. The Kier molecular flexibility index (Phi) is 6.95. The van der Waals surface area contributed by atoms with Crippen molar-refractivity contribution in [3.63, 3.8) is 0 Å². The van der Waals surface area contributed by atoms with Crippen LogP contribution in [0.4, 0.5) is 5.82 Å². The molecular formula is C24H32N4O2. The lowest BCUT2D eigenvalue weighted by molar-refractivity contribution is -0.125. The van der Waals surface area contributed by atoms with Crippen molar-refractivity contribution in [1.29, 1.82) is 0 Å². The van der Waals surface area contributed by atoms with Crippen LogP contribution in [0.15, 0.2) is 30.3 Å². The number of rotatable bonds is 8. The molecule has 1 aromatic carbocycles. The van der Waals surface area contributed by atoms with Crippen LogP contribution in [0.1, 0.15) is 43.9 Å². The molecule has 1 aliphatic carbocycles. The van der Waals surface area contributed by atoms with E-state index >= 15 is 0 Å². The lowest BCUT2D eigenvalue weighted by atomic mass is 9.96. The zero-order chi connectivity index (χ0) is 20.8. The second-order valence-electron chi connectivity index (χ2n) is 8.14. The third kappa shape index (κ3) is 4.81. The van der Waals surface area contributed by atoms with Crippen molar-refractivity contribution in [3.05, 3.63) is 41.6 Å². The molecule has 1 aromatic heterocycles. The molecule has 0 spiro atoms. The number of nitrogens with one attached hydrogen (secondary N) is 1. The first kappa shape index (κ1) is 20.8. The van der Waals surface area contributed by atoms with Gasteiger partial charge in [0.05, 0.1) is 5.92 Å². The van der Waals surface area contributed by atoms with Crippen molar-refractivity contribution in [3.8, 4) is 11.4 Å². The highest BCUT2D eigenvalue weighted by Crippen LogP contribution is 2.33. The third-order valence-corrected chi connectivity index (χ3v) is 6.00. The Labute approximate surface area is 179 Å². The third-order valence-electron chi connectivity index (χ3n) is 6.00. The zero-order valence-corrected chi connectivity index (χ0v) is 17.9. The molecule has 0 unspecified atom stereocenters. The molecule has 2 aliphatic rings. The van der Waals surface area contributed by atoms with E-state index in [0.29, 0.717) is 13.2 Å². The van der Waals surface area contributed by atoms with Crippen LogP contribution >= 0.6 is 0 Å². The van der Waals surface area contributed by atoms with Gasteiger partial charge < -0.3 is 15.0 Å². The predicted octanol–water partition coefficient (Wildman–Crippen LogP) is 3.39. The van der Waals surface area contributed by atoms with Gasteiger partial charge in [-0.25, -0.2) is 9.97 Å². The quantitative estimate of drug-likeness (QED) is 0.678. The van der Waals surface area contributed by atoms with Crippen molar-refractivity contribution < 1.29 is 9.53 Å². The molecule has 6 heteroatoms.